The molecule has 0 spiro atoms. The average Bonchev–Trinajstić information content (AvgIpc) is 1.23. The molecular formula is C99H150N18O18. The molecule has 0 aromatic carbocycles. The average molecular weight is 1880 g/mol. The fourth-order valence-electron chi connectivity index (χ4n) is 22.7. The van der Waals surface area contributed by atoms with E-state index in [1.54, 1.807) is 53.7 Å². The number of imide groups is 3. The number of urea groups is 1. The lowest BCUT2D eigenvalue weighted by atomic mass is 9.59. The van der Waals surface area contributed by atoms with Gasteiger partial charge in [0.05, 0.1) is 17.1 Å². The third-order valence-corrected chi connectivity index (χ3v) is 28.2. The summed E-state index contributed by atoms with van der Waals surface area (Å²) in [5, 5.41) is 21.7. The van der Waals surface area contributed by atoms with Crippen LogP contribution in [0.1, 0.15) is 366 Å². The Balaban J connectivity index is 0.000000287. The van der Waals surface area contributed by atoms with Gasteiger partial charge in [0.25, 0.3) is 0 Å². The van der Waals surface area contributed by atoms with Gasteiger partial charge in [0.2, 0.25) is 53.2 Å². The van der Waals surface area contributed by atoms with Gasteiger partial charge in [0.15, 0.2) is 0 Å². The van der Waals surface area contributed by atoms with Gasteiger partial charge in [-0.3, -0.25) is 57.9 Å². The third kappa shape index (κ3) is 28.3. The van der Waals surface area contributed by atoms with Crippen LogP contribution < -0.4 is 50.1 Å². The Morgan fingerprint density at radius 3 is 0.993 bits per heavy atom. The predicted molar refractivity (Wildman–Crippen MR) is 508 cm³/mol. The lowest BCUT2D eigenvalue weighted by Crippen LogP contribution is -2.62. The van der Waals surface area contributed by atoms with Crippen molar-refractivity contribution in [1.29, 1.82) is 0 Å². The van der Waals surface area contributed by atoms with Crippen LogP contribution >= 0.6 is 0 Å². The molecule has 0 bridgehead atoms. The van der Waals surface area contributed by atoms with Gasteiger partial charge in [-0.1, -0.05) is 133 Å². The van der Waals surface area contributed by atoms with Crippen LogP contribution in [0, 0.1) is 91.8 Å². The topological polar surface area (TPSA) is 436 Å². The second-order valence-corrected chi connectivity index (χ2v) is 43.2. The first-order valence-electron chi connectivity index (χ1n) is 49.7. The Kier molecular flexibility index (Phi) is 36.6. The number of carbonyl (C=O) groups is 12. The molecule has 3 aliphatic carbocycles. The van der Waals surface area contributed by atoms with E-state index in [0.717, 1.165) is 103 Å². The van der Waals surface area contributed by atoms with Crippen molar-refractivity contribution in [2.45, 2.75) is 374 Å². The molecule has 135 heavy (non-hydrogen) atoms. The first kappa shape index (κ1) is 106. The lowest BCUT2D eigenvalue weighted by Gasteiger charge is -2.46. The summed E-state index contributed by atoms with van der Waals surface area (Å²) in [6, 6.07) is 4.10. The minimum atomic E-state index is -1.45. The van der Waals surface area contributed by atoms with Crippen LogP contribution in [-0.4, -0.2) is 182 Å². The van der Waals surface area contributed by atoms with Gasteiger partial charge in [-0.15, -0.1) is 0 Å². The summed E-state index contributed by atoms with van der Waals surface area (Å²) >= 11 is 0. The minimum absolute atomic E-state index is 0.0790. The van der Waals surface area contributed by atoms with Crippen molar-refractivity contribution < 1.29 is 57.5 Å². The molecule has 5 aromatic heterocycles. The van der Waals surface area contributed by atoms with Gasteiger partial charge >= 0.3 is 52.2 Å². The van der Waals surface area contributed by atoms with Gasteiger partial charge in [0.1, 0.15) is 0 Å². The van der Waals surface area contributed by atoms with Gasteiger partial charge < -0.3 is 16.0 Å². The molecule has 5 aromatic rings. The summed E-state index contributed by atoms with van der Waals surface area (Å²) in [5.41, 5.74) is -5.95. The van der Waals surface area contributed by atoms with E-state index in [1.807, 2.05) is 68.4 Å². The second-order valence-electron chi connectivity index (χ2n) is 43.2. The number of nitrogens with one attached hydrogen (secondary N) is 3. The molecule has 6 aliphatic rings. The van der Waals surface area contributed by atoms with Crippen molar-refractivity contribution in [3.05, 3.63) is 115 Å². The fourth-order valence-corrected chi connectivity index (χ4v) is 22.7. The highest BCUT2D eigenvalue weighted by Crippen LogP contribution is 2.53. The maximum atomic E-state index is 15.3. The molecule has 3 saturated heterocycles. The second kappa shape index (κ2) is 46.4. The van der Waals surface area contributed by atoms with Crippen LogP contribution in [0.3, 0.4) is 0 Å². The Hall–Kier alpha value is -10.7. The summed E-state index contributed by atoms with van der Waals surface area (Å²) < 4.78 is 8.38. The maximum Gasteiger partial charge on any atom is 0.350 e. The van der Waals surface area contributed by atoms with Crippen LogP contribution in [0.15, 0.2) is 47.0 Å². The zero-order chi connectivity index (χ0) is 98.8. The third-order valence-electron chi connectivity index (χ3n) is 28.2. The summed E-state index contributed by atoms with van der Waals surface area (Å²) in [4.78, 5) is 251. The Labute approximate surface area is 791 Å². The largest absolute Gasteiger partial charge is 0.350 e. The van der Waals surface area contributed by atoms with Crippen molar-refractivity contribution in [2.75, 3.05) is 39.3 Å². The van der Waals surface area contributed by atoms with Crippen LogP contribution in [0.2, 0.25) is 0 Å². The molecule has 6 atom stereocenters. The van der Waals surface area contributed by atoms with Gasteiger partial charge in [-0.2, -0.15) is 38.4 Å². The molecule has 6 fully saturated rings. The summed E-state index contributed by atoms with van der Waals surface area (Å²) in [5.74, 6) is -6.62. The maximum absolute atomic E-state index is 15.3. The minimum Gasteiger partial charge on any atom is -0.338 e. The van der Waals surface area contributed by atoms with E-state index in [9.17, 15) is 57.5 Å². The highest BCUT2D eigenvalue weighted by Gasteiger charge is 2.50. The van der Waals surface area contributed by atoms with Crippen LogP contribution in [0.4, 0.5) is 14.4 Å². The number of aryl methyl sites for hydroxylation is 6. The molecule has 36 nitrogen and oxygen atoms in total. The van der Waals surface area contributed by atoms with Gasteiger partial charge in [-0.25, -0.2) is 61.5 Å². The zero-order valence-corrected chi connectivity index (χ0v) is 83.0. The summed E-state index contributed by atoms with van der Waals surface area (Å²) in [7, 11) is 0. The number of nitrogens with zero attached hydrogens (tertiary/aromatic N) is 15. The van der Waals surface area contributed by atoms with Crippen molar-refractivity contribution in [3.63, 3.8) is 0 Å². The number of hydrogen-bond acceptors (Lipinski definition) is 21. The number of likely N-dealkylation sites (tertiary alicyclic amines) is 3. The van der Waals surface area contributed by atoms with Crippen LogP contribution in [0.25, 0.3) is 0 Å². The monoisotopic (exact) mass is 1880 g/mol. The van der Waals surface area contributed by atoms with Gasteiger partial charge in [0, 0.05) is 132 Å². The lowest BCUT2D eigenvalue weighted by molar-refractivity contribution is -0.146. The quantitative estimate of drug-likeness (QED) is 0.0328. The molecule has 6 unspecified atom stereocenters. The number of unbranched alkanes of at least 4 members (excludes halogenated alkanes) is 11. The predicted octanol–water partition coefficient (Wildman–Crippen LogP) is 13.1. The van der Waals surface area contributed by atoms with Crippen molar-refractivity contribution in [1.82, 2.24) is 87.4 Å². The Morgan fingerprint density at radius 1 is 0.326 bits per heavy atom. The first-order chi connectivity index (χ1) is 63.6. The van der Waals surface area contributed by atoms with E-state index in [0.29, 0.717) is 177 Å². The molecule has 36 heteroatoms. The number of rotatable bonds is 33. The molecule has 0 radical (unpaired) electrons. The molecule has 11 rings (SSSR count). The number of carbonyl (C=O) groups excluding carboxylic acids is 12. The van der Waals surface area contributed by atoms with E-state index >= 15 is 28.8 Å². The zero-order valence-electron chi connectivity index (χ0n) is 83.0. The number of amides is 9. The molecule has 3 saturated carbocycles. The normalized spacial score (nSPS) is 21.9. The smallest absolute Gasteiger partial charge is 0.338 e. The highest BCUT2D eigenvalue weighted by atomic mass is 16.2. The fraction of sp³-hybridized carbons (Fsp3) is 0.727. The Morgan fingerprint density at radius 2 is 0.637 bits per heavy atom. The first-order valence-corrected chi connectivity index (χ1v) is 49.7. The Bertz CT molecular complexity index is 4980. The van der Waals surface area contributed by atoms with E-state index in [4.69, 9.17) is 0 Å². The van der Waals surface area contributed by atoms with E-state index < -0.39 is 114 Å². The standard InChI is InChI=1S/C55H79N11O9.C44H71N7O9/c1-32-18-35(4)64(58-32)41(67)16-17-53(13)24-38(21-50(7,8)27-53)42(68)61-47(73)62(43(69)39-22-51(9,10)28-54(14,25-39)30-56-45(71)65-36(5)19-33(2)59-65)49(75)63(48(61)74)44(70)40-23-52(11,12)29-55(15,26-40)31-57-46(72)66-37(6)20-34(3)60-66;52-36(46-30-21-9-14-26-38(46)54)24-12-3-1-6-18-33-49-42(58)50(34-19-7-2-4-13-25-37(53)47-31-22-10-15-27-39(47)55)44(60)51(43(49)59)35-20-8-5-17-29-45-41(57)48-32-23-11-16-28-40(48)56/h18-20,38-40H,16-17,21-31H2,1-15H3,(H,56,71)(H,57,72);1-35H2,(H,45,57). The van der Waals surface area contributed by atoms with Crippen LogP contribution in [0.5, 0.6) is 0 Å². The summed E-state index contributed by atoms with van der Waals surface area (Å²) in [6.45, 7) is 30.9. The molecule has 8 heterocycles. The SMILES string of the molecule is Cc1cc(C)n(C(=O)CCC2(C)CC(C(=O)n3c(=O)n(C(=O)C4CC(C)(C)CC(C)(CNC(=O)n5nc(C)cc5C)C4)c(=O)n(C(=O)C4CC(C)(C)CC(C)(CNC(=O)n5nc(C)cc5C)C4)c3=O)CC(C)(C)C2)n1.O=C(CCCCCCCn1c(=O)n(CCCCCCCC(=O)N2CCCCCC2=O)c(=O)n(CCCCCCNC(=O)N2CCCCCC2=O)c1=O)N1CCCCCC1=O. The number of hydrogen-bond donors (Lipinski definition) is 3. The molecular weight excluding hydrogens is 1730 g/mol. The van der Waals surface area contributed by atoms with Crippen LogP contribution in [-0.2, 0) is 43.6 Å². The molecule has 3 N–H and O–H groups in total. The highest BCUT2D eigenvalue weighted by molar-refractivity contribution is 5.97. The van der Waals surface area contributed by atoms with E-state index in [1.165, 1.54) is 42.4 Å². The summed E-state index contributed by atoms with van der Waals surface area (Å²) in [6.07, 6.45) is 22.8. The van der Waals surface area contributed by atoms with E-state index in [2.05, 4.69) is 31.2 Å². The molecule has 9 amide bonds. The van der Waals surface area contributed by atoms with Crippen molar-refractivity contribution in [2.24, 2.45) is 50.2 Å². The van der Waals surface area contributed by atoms with Gasteiger partial charge in [-0.05, 0) is 233 Å². The molecule has 3 aliphatic heterocycles. The number of aromatic nitrogens is 12. The van der Waals surface area contributed by atoms with Crippen molar-refractivity contribution >= 4 is 71.3 Å². The van der Waals surface area contributed by atoms with E-state index in [-0.39, 0.29) is 119 Å². The molecule has 744 valence electrons. The van der Waals surface area contributed by atoms with Crippen molar-refractivity contribution in [3.8, 4) is 0 Å².